The van der Waals surface area contributed by atoms with Gasteiger partial charge in [0.15, 0.2) is 0 Å². The Kier molecular flexibility index (Phi) is 8.53. The van der Waals surface area contributed by atoms with Crippen LogP contribution in [0.25, 0.3) is 11.1 Å². The van der Waals surface area contributed by atoms with E-state index in [4.69, 9.17) is 0 Å². The third-order valence-electron chi connectivity index (χ3n) is 8.46. The summed E-state index contributed by atoms with van der Waals surface area (Å²) < 4.78 is 58.2. The molecule has 0 unspecified atom stereocenters. The first-order chi connectivity index (χ1) is 20.3. The van der Waals surface area contributed by atoms with Crippen LogP contribution < -0.4 is 20.7 Å². The fraction of sp³-hybridized carbons (Fsp3) is 0.419. The van der Waals surface area contributed by atoms with E-state index < -0.39 is 34.6 Å². The molecule has 5 rings (SSSR count). The summed E-state index contributed by atoms with van der Waals surface area (Å²) in [4.78, 5) is 34.0. The van der Waals surface area contributed by atoms with Crippen LogP contribution in [0.3, 0.4) is 0 Å². The van der Waals surface area contributed by atoms with E-state index in [2.05, 4.69) is 27.1 Å². The minimum absolute atomic E-state index is 0.127. The minimum Gasteiger partial charge on any atom is -0.369 e. The maximum absolute atomic E-state index is 15.8. The number of carbonyl (C=O) groups is 1. The van der Waals surface area contributed by atoms with E-state index in [1.807, 2.05) is 43.1 Å². The molecular weight excluding hydrogens is 564 g/mol. The molecule has 1 atom stereocenters. The molecule has 2 aliphatic rings. The van der Waals surface area contributed by atoms with E-state index in [-0.39, 0.29) is 17.3 Å². The minimum atomic E-state index is -4.92. The molecule has 0 aliphatic carbocycles. The van der Waals surface area contributed by atoms with E-state index in [9.17, 15) is 22.8 Å². The van der Waals surface area contributed by atoms with Gasteiger partial charge in [0.25, 0.3) is 11.5 Å². The average Bonchev–Trinajstić information content (AvgIpc) is 2.96. The van der Waals surface area contributed by atoms with Crippen LogP contribution in [0.15, 0.2) is 53.5 Å². The number of nitrogens with zero attached hydrogens (tertiary/aromatic N) is 5. The number of aromatic nitrogens is 1. The van der Waals surface area contributed by atoms with Crippen molar-refractivity contribution in [2.24, 2.45) is 7.05 Å². The highest BCUT2D eigenvalue weighted by molar-refractivity contribution is 6.07. The number of likely N-dealkylation sites (N-methyl/N-ethyl adjacent to an activating group) is 2. The smallest absolute Gasteiger partial charge is 0.369 e. The van der Waals surface area contributed by atoms with Crippen LogP contribution in [-0.4, -0.2) is 86.2 Å². The maximum Gasteiger partial charge on any atom is 0.417 e. The summed E-state index contributed by atoms with van der Waals surface area (Å²) in [7, 11) is 5.34. The molecule has 0 spiro atoms. The SMILES string of the molecule is C[C@H]1CN(c2cc(F)c(-c3ccc(N4CCN(C)CC4)cc3)cc2NC(=O)c2cn(C)c(=O)cc2C(F)(F)F)CCN1C. The summed E-state index contributed by atoms with van der Waals surface area (Å²) in [6, 6.07) is 10.8. The fourth-order valence-electron chi connectivity index (χ4n) is 5.56. The number of piperazine rings is 2. The van der Waals surface area contributed by atoms with Crippen LogP contribution in [0.4, 0.5) is 34.6 Å². The molecule has 3 heterocycles. The van der Waals surface area contributed by atoms with Crippen LogP contribution >= 0.6 is 0 Å². The van der Waals surface area contributed by atoms with Crippen molar-refractivity contribution in [2.75, 3.05) is 75.0 Å². The van der Waals surface area contributed by atoms with Crippen molar-refractivity contribution in [1.82, 2.24) is 14.4 Å². The molecule has 0 saturated carbocycles. The number of hydrogen-bond donors (Lipinski definition) is 1. The molecular formula is C31H36F4N6O2. The van der Waals surface area contributed by atoms with Gasteiger partial charge < -0.3 is 29.5 Å². The summed E-state index contributed by atoms with van der Waals surface area (Å²) in [5.41, 5.74) is -0.558. The van der Waals surface area contributed by atoms with Gasteiger partial charge in [-0.15, -0.1) is 0 Å². The molecule has 1 N–H and O–H groups in total. The lowest BCUT2D eigenvalue weighted by molar-refractivity contribution is -0.138. The Balaban J connectivity index is 1.53. The predicted molar refractivity (Wildman–Crippen MR) is 160 cm³/mol. The van der Waals surface area contributed by atoms with Crippen LogP contribution in [0.5, 0.6) is 0 Å². The number of nitrogens with one attached hydrogen (secondary N) is 1. The molecule has 1 amide bonds. The van der Waals surface area contributed by atoms with Crippen molar-refractivity contribution in [2.45, 2.75) is 19.1 Å². The summed E-state index contributed by atoms with van der Waals surface area (Å²) in [6.45, 7) is 7.42. The Morgan fingerprint density at radius 3 is 2.19 bits per heavy atom. The number of pyridine rings is 1. The van der Waals surface area contributed by atoms with E-state index >= 15 is 4.39 Å². The number of anilines is 3. The largest absolute Gasteiger partial charge is 0.417 e. The lowest BCUT2D eigenvalue weighted by Crippen LogP contribution is -2.50. The molecule has 2 saturated heterocycles. The summed E-state index contributed by atoms with van der Waals surface area (Å²) in [5.74, 6) is -1.56. The van der Waals surface area contributed by atoms with Crippen molar-refractivity contribution in [1.29, 1.82) is 0 Å². The Hall–Kier alpha value is -3.90. The first-order valence-corrected chi connectivity index (χ1v) is 14.2. The second kappa shape index (κ2) is 12.0. The van der Waals surface area contributed by atoms with Crippen LogP contribution in [-0.2, 0) is 13.2 Å². The highest BCUT2D eigenvalue weighted by Crippen LogP contribution is 2.37. The normalized spacial score (nSPS) is 18.7. The van der Waals surface area contributed by atoms with Gasteiger partial charge in [-0.05, 0) is 50.8 Å². The highest BCUT2D eigenvalue weighted by Gasteiger charge is 2.36. The Labute approximate surface area is 248 Å². The summed E-state index contributed by atoms with van der Waals surface area (Å²) in [5, 5.41) is 2.62. The van der Waals surface area contributed by atoms with Gasteiger partial charge in [-0.1, -0.05) is 12.1 Å². The molecule has 43 heavy (non-hydrogen) atoms. The van der Waals surface area contributed by atoms with Gasteiger partial charge in [0.2, 0.25) is 0 Å². The quantitative estimate of drug-likeness (QED) is 0.440. The van der Waals surface area contributed by atoms with Crippen molar-refractivity contribution >= 4 is 23.0 Å². The van der Waals surface area contributed by atoms with Crippen LogP contribution in [0.1, 0.15) is 22.8 Å². The second-order valence-corrected chi connectivity index (χ2v) is 11.5. The zero-order valence-corrected chi connectivity index (χ0v) is 24.7. The molecule has 0 radical (unpaired) electrons. The molecule has 1 aromatic heterocycles. The standard InChI is InChI=1S/C31H36F4N6O2/c1-20-18-41(14-11-38(20)3)28-17-26(32)23(21-5-7-22(8-6-21)40-12-9-37(2)10-13-40)15-27(28)36-30(43)24-19-39(4)29(42)16-25(24)31(33,34)35/h5-8,15-17,19-20H,9-14,18H2,1-4H3,(H,36,43)/t20-/m0/s1. The number of aryl methyl sites for hydroxylation is 1. The first kappa shape index (κ1) is 30.6. The highest BCUT2D eigenvalue weighted by atomic mass is 19.4. The van der Waals surface area contributed by atoms with E-state index in [1.54, 1.807) is 0 Å². The Bertz CT molecular complexity index is 1550. The number of hydrogen-bond acceptors (Lipinski definition) is 6. The lowest BCUT2D eigenvalue weighted by Gasteiger charge is -2.39. The van der Waals surface area contributed by atoms with Crippen molar-refractivity contribution in [3.05, 3.63) is 76.0 Å². The fourth-order valence-corrected chi connectivity index (χ4v) is 5.56. The number of amides is 1. The summed E-state index contributed by atoms with van der Waals surface area (Å²) >= 11 is 0. The van der Waals surface area contributed by atoms with Gasteiger partial charge in [0.05, 0.1) is 22.5 Å². The Morgan fingerprint density at radius 1 is 0.907 bits per heavy atom. The van der Waals surface area contributed by atoms with Gasteiger partial charge in [-0.2, -0.15) is 13.2 Å². The summed E-state index contributed by atoms with van der Waals surface area (Å²) in [6.07, 6.45) is -4.05. The lowest BCUT2D eigenvalue weighted by atomic mass is 10.0. The maximum atomic E-state index is 15.8. The third-order valence-corrected chi connectivity index (χ3v) is 8.46. The third kappa shape index (κ3) is 6.54. The van der Waals surface area contributed by atoms with Crippen molar-refractivity contribution in [3.8, 4) is 11.1 Å². The van der Waals surface area contributed by atoms with E-state index in [1.165, 1.54) is 19.2 Å². The van der Waals surface area contributed by atoms with Crippen LogP contribution in [0.2, 0.25) is 0 Å². The first-order valence-electron chi connectivity index (χ1n) is 14.2. The molecule has 0 bridgehead atoms. The molecule has 12 heteroatoms. The number of halogens is 4. The zero-order chi connectivity index (χ0) is 31.1. The number of alkyl halides is 3. The number of carbonyl (C=O) groups excluding carboxylic acids is 1. The van der Waals surface area contributed by atoms with Gasteiger partial charge in [-0.3, -0.25) is 9.59 Å². The molecule has 2 aromatic carbocycles. The average molecular weight is 601 g/mol. The number of benzene rings is 2. The van der Waals surface area contributed by atoms with Gasteiger partial charge >= 0.3 is 6.18 Å². The zero-order valence-electron chi connectivity index (χ0n) is 24.7. The van der Waals surface area contributed by atoms with E-state index in [0.29, 0.717) is 37.0 Å². The molecule has 2 aliphatic heterocycles. The van der Waals surface area contributed by atoms with Gasteiger partial charge in [-0.25, -0.2) is 4.39 Å². The Morgan fingerprint density at radius 2 is 1.56 bits per heavy atom. The van der Waals surface area contributed by atoms with E-state index in [0.717, 1.165) is 42.6 Å². The molecule has 2 fully saturated rings. The monoisotopic (exact) mass is 600 g/mol. The topological polar surface area (TPSA) is 64.1 Å². The molecule has 8 nitrogen and oxygen atoms in total. The van der Waals surface area contributed by atoms with Crippen molar-refractivity contribution < 1.29 is 22.4 Å². The second-order valence-electron chi connectivity index (χ2n) is 11.5. The molecule has 230 valence electrons. The number of rotatable bonds is 5. The van der Waals surface area contributed by atoms with Gasteiger partial charge in [0, 0.05) is 82.4 Å². The van der Waals surface area contributed by atoms with Crippen LogP contribution in [0, 0.1) is 5.82 Å². The van der Waals surface area contributed by atoms with Gasteiger partial charge in [0.1, 0.15) is 5.82 Å². The predicted octanol–water partition coefficient (Wildman–Crippen LogP) is 4.35. The van der Waals surface area contributed by atoms with Crippen molar-refractivity contribution in [3.63, 3.8) is 0 Å². The molecule has 3 aromatic rings.